The van der Waals surface area contributed by atoms with E-state index in [2.05, 4.69) is 24.3 Å². The molecule has 1 N–H and O–H groups in total. The lowest BCUT2D eigenvalue weighted by atomic mass is 10.3. The van der Waals surface area contributed by atoms with E-state index in [4.69, 9.17) is 0 Å². The third-order valence-electron chi connectivity index (χ3n) is 2.91. The van der Waals surface area contributed by atoms with Crippen LogP contribution in [0.3, 0.4) is 0 Å². The molecule has 0 spiro atoms. The molecular formula is C13H24N4O. The predicted molar refractivity (Wildman–Crippen MR) is 73.7 cm³/mol. The topological polar surface area (TPSA) is 50.2 Å². The van der Waals surface area contributed by atoms with Crippen LogP contribution in [0, 0.1) is 6.92 Å². The first kappa shape index (κ1) is 14.5. The van der Waals surface area contributed by atoms with Crippen LogP contribution in [-0.2, 0) is 7.05 Å². The molecular weight excluding hydrogens is 228 g/mol. The molecule has 0 aromatic carbocycles. The minimum absolute atomic E-state index is 0.0524. The van der Waals surface area contributed by atoms with Crippen molar-refractivity contribution >= 4 is 11.8 Å². The van der Waals surface area contributed by atoms with Crippen LogP contribution in [0.2, 0.25) is 0 Å². The predicted octanol–water partition coefficient (Wildman–Crippen LogP) is 2.77. The number of aromatic nitrogens is 2. The van der Waals surface area contributed by atoms with E-state index in [1.807, 2.05) is 24.9 Å². The van der Waals surface area contributed by atoms with Crippen LogP contribution in [0.5, 0.6) is 0 Å². The molecule has 1 aromatic heterocycles. The van der Waals surface area contributed by atoms with Gasteiger partial charge in [-0.2, -0.15) is 5.10 Å². The molecule has 102 valence electrons. The zero-order valence-corrected chi connectivity index (χ0v) is 11.9. The third-order valence-corrected chi connectivity index (χ3v) is 2.91. The number of nitrogens with one attached hydrogen (secondary N) is 1. The van der Waals surface area contributed by atoms with Crippen molar-refractivity contribution in [3.63, 3.8) is 0 Å². The normalized spacial score (nSPS) is 10.4. The summed E-state index contributed by atoms with van der Waals surface area (Å²) in [5.41, 5.74) is 1.03. The van der Waals surface area contributed by atoms with Gasteiger partial charge in [-0.1, -0.05) is 20.3 Å². The molecule has 0 saturated heterocycles. The zero-order chi connectivity index (χ0) is 13.5. The van der Waals surface area contributed by atoms with Crippen LogP contribution in [0.4, 0.5) is 10.6 Å². The molecule has 0 bridgehead atoms. The minimum Gasteiger partial charge on any atom is -0.325 e. The van der Waals surface area contributed by atoms with Gasteiger partial charge in [0.2, 0.25) is 0 Å². The second kappa shape index (κ2) is 7.03. The summed E-state index contributed by atoms with van der Waals surface area (Å²) >= 11 is 0. The monoisotopic (exact) mass is 252 g/mol. The van der Waals surface area contributed by atoms with Gasteiger partial charge in [-0.15, -0.1) is 0 Å². The summed E-state index contributed by atoms with van der Waals surface area (Å²) < 4.78 is 1.76. The first-order valence-electron chi connectivity index (χ1n) is 6.65. The average molecular weight is 252 g/mol. The molecule has 0 aliphatic rings. The van der Waals surface area contributed by atoms with Crippen molar-refractivity contribution in [3.05, 3.63) is 11.8 Å². The van der Waals surface area contributed by atoms with Gasteiger partial charge in [0.1, 0.15) is 0 Å². The van der Waals surface area contributed by atoms with Crippen LogP contribution >= 0.6 is 0 Å². The number of aryl methyl sites for hydroxylation is 2. The summed E-state index contributed by atoms with van der Waals surface area (Å²) in [7, 11) is 1.87. The van der Waals surface area contributed by atoms with E-state index in [0.717, 1.165) is 38.0 Å². The number of urea groups is 1. The minimum atomic E-state index is -0.0524. The lowest BCUT2D eigenvalue weighted by molar-refractivity contribution is 0.210. The molecule has 1 aromatic rings. The standard InChI is InChI=1S/C13H24N4O/c1-5-7-9-17(8-6-2)13(18)14-12-10-11(3)16(4)15-12/h10H,5-9H2,1-4H3,(H,14,15,18). The summed E-state index contributed by atoms with van der Waals surface area (Å²) in [5, 5.41) is 7.08. The number of hydrogen-bond acceptors (Lipinski definition) is 2. The quantitative estimate of drug-likeness (QED) is 0.846. The number of carbonyl (C=O) groups is 1. The second-order valence-electron chi connectivity index (χ2n) is 4.57. The van der Waals surface area contributed by atoms with E-state index in [1.165, 1.54) is 0 Å². The Morgan fingerprint density at radius 1 is 1.39 bits per heavy atom. The van der Waals surface area contributed by atoms with E-state index >= 15 is 0 Å². The van der Waals surface area contributed by atoms with Gasteiger partial charge in [-0.3, -0.25) is 10.00 Å². The van der Waals surface area contributed by atoms with Gasteiger partial charge >= 0.3 is 6.03 Å². The molecule has 0 atom stereocenters. The maximum atomic E-state index is 12.1. The summed E-state index contributed by atoms with van der Waals surface area (Å²) in [5.74, 6) is 0.623. The molecule has 0 radical (unpaired) electrons. The molecule has 0 aliphatic heterocycles. The maximum Gasteiger partial charge on any atom is 0.323 e. The van der Waals surface area contributed by atoms with Crippen molar-refractivity contribution in [1.82, 2.24) is 14.7 Å². The first-order valence-corrected chi connectivity index (χ1v) is 6.65. The average Bonchev–Trinajstić information content (AvgIpc) is 2.63. The van der Waals surface area contributed by atoms with Crippen molar-refractivity contribution in [2.45, 2.75) is 40.0 Å². The highest BCUT2D eigenvalue weighted by atomic mass is 16.2. The third kappa shape index (κ3) is 4.05. The van der Waals surface area contributed by atoms with Gasteiger partial charge < -0.3 is 4.90 Å². The number of rotatable bonds is 6. The van der Waals surface area contributed by atoms with Gasteiger partial charge in [-0.25, -0.2) is 4.79 Å². The number of carbonyl (C=O) groups excluding carboxylic acids is 1. The van der Waals surface area contributed by atoms with Gasteiger partial charge in [0, 0.05) is 31.9 Å². The molecule has 2 amide bonds. The van der Waals surface area contributed by atoms with E-state index in [9.17, 15) is 4.79 Å². The Balaban J connectivity index is 2.59. The molecule has 5 heteroatoms. The fourth-order valence-electron chi connectivity index (χ4n) is 1.74. The fraction of sp³-hybridized carbons (Fsp3) is 0.692. The van der Waals surface area contributed by atoms with Crippen LogP contribution in [0.25, 0.3) is 0 Å². The van der Waals surface area contributed by atoms with Crippen molar-refractivity contribution in [2.75, 3.05) is 18.4 Å². The SMILES string of the molecule is CCCCN(CCC)C(=O)Nc1cc(C)n(C)n1. The summed E-state index contributed by atoms with van der Waals surface area (Å²) in [4.78, 5) is 13.9. The lowest BCUT2D eigenvalue weighted by Gasteiger charge is -2.21. The summed E-state index contributed by atoms with van der Waals surface area (Å²) in [6.45, 7) is 7.77. The van der Waals surface area contributed by atoms with Crippen molar-refractivity contribution in [1.29, 1.82) is 0 Å². The summed E-state index contributed by atoms with van der Waals surface area (Å²) in [6.07, 6.45) is 3.10. The van der Waals surface area contributed by atoms with Crippen LogP contribution in [0.1, 0.15) is 38.8 Å². The number of unbranched alkanes of at least 4 members (excludes halogenated alkanes) is 1. The van der Waals surface area contributed by atoms with Crippen molar-refractivity contribution < 1.29 is 4.79 Å². The van der Waals surface area contributed by atoms with Gasteiger partial charge in [-0.05, 0) is 19.8 Å². The van der Waals surface area contributed by atoms with Crippen molar-refractivity contribution in [2.24, 2.45) is 7.05 Å². The molecule has 18 heavy (non-hydrogen) atoms. The fourth-order valence-corrected chi connectivity index (χ4v) is 1.74. The largest absolute Gasteiger partial charge is 0.325 e. The molecule has 0 aliphatic carbocycles. The van der Waals surface area contributed by atoms with Gasteiger partial charge in [0.15, 0.2) is 5.82 Å². The Morgan fingerprint density at radius 2 is 2.11 bits per heavy atom. The lowest BCUT2D eigenvalue weighted by Crippen LogP contribution is -2.36. The molecule has 5 nitrogen and oxygen atoms in total. The summed E-state index contributed by atoms with van der Waals surface area (Å²) in [6, 6.07) is 1.82. The smallest absolute Gasteiger partial charge is 0.323 e. The van der Waals surface area contributed by atoms with E-state index in [-0.39, 0.29) is 6.03 Å². The Bertz CT molecular complexity index is 367. The van der Waals surface area contributed by atoms with Gasteiger partial charge in [0.05, 0.1) is 0 Å². The number of hydrogen-bond donors (Lipinski definition) is 1. The molecule has 0 fully saturated rings. The van der Waals surface area contributed by atoms with Crippen molar-refractivity contribution in [3.8, 4) is 0 Å². The highest BCUT2D eigenvalue weighted by Crippen LogP contribution is 2.08. The Kier molecular flexibility index (Phi) is 5.68. The Hall–Kier alpha value is -1.52. The van der Waals surface area contributed by atoms with E-state index in [1.54, 1.807) is 4.68 Å². The van der Waals surface area contributed by atoms with Gasteiger partial charge in [0.25, 0.3) is 0 Å². The van der Waals surface area contributed by atoms with Crippen LogP contribution in [0.15, 0.2) is 6.07 Å². The molecule has 1 rings (SSSR count). The Labute approximate surface area is 109 Å². The van der Waals surface area contributed by atoms with E-state index < -0.39 is 0 Å². The van der Waals surface area contributed by atoms with Crippen LogP contribution in [-0.4, -0.2) is 33.8 Å². The van der Waals surface area contributed by atoms with E-state index in [0.29, 0.717) is 5.82 Å². The zero-order valence-electron chi connectivity index (χ0n) is 11.9. The first-order chi connectivity index (χ1) is 8.58. The number of anilines is 1. The molecule has 1 heterocycles. The number of nitrogens with zero attached hydrogens (tertiary/aromatic N) is 3. The Morgan fingerprint density at radius 3 is 2.61 bits per heavy atom. The number of amides is 2. The van der Waals surface area contributed by atoms with Crippen LogP contribution < -0.4 is 5.32 Å². The maximum absolute atomic E-state index is 12.1. The second-order valence-corrected chi connectivity index (χ2v) is 4.57. The highest BCUT2D eigenvalue weighted by Gasteiger charge is 2.13. The highest BCUT2D eigenvalue weighted by molar-refractivity contribution is 5.88. The molecule has 0 saturated carbocycles. The molecule has 0 unspecified atom stereocenters.